The Morgan fingerprint density at radius 2 is 2.04 bits per heavy atom. The Morgan fingerprint density at radius 1 is 1.28 bits per heavy atom. The van der Waals surface area contributed by atoms with Crippen LogP contribution in [0, 0.1) is 0 Å². The Kier molecular flexibility index (Phi) is 7.82. The maximum Gasteiger partial charge on any atom is 0.240 e. The van der Waals surface area contributed by atoms with Gasteiger partial charge in [0.05, 0.1) is 6.54 Å². The van der Waals surface area contributed by atoms with Crippen molar-refractivity contribution >= 4 is 29.1 Å². The zero-order chi connectivity index (χ0) is 18.2. The van der Waals surface area contributed by atoms with Crippen LogP contribution >= 0.6 is 23.2 Å². The Bertz CT molecular complexity index is 686. The lowest BCUT2D eigenvalue weighted by molar-refractivity contribution is -0.131. The molecule has 0 aliphatic carbocycles. The number of alkyl halides is 1. The molecule has 0 fully saturated rings. The molecule has 0 aliphatic heterocycles. The van der Waals surface area contributed by atoms with Crippen LogP contribution in [0.2, 0.25) is 5.02 Å². The van der Waals surface area contributed by atoms with E-state index < -0.39 is 5.38 Å². The van der Waals surface area contributed by atoms with Crippen LogP contribution in [0.15, 0.2) is 42.6 Å². The number of carbonyl (C=O) groups is 1. The van der Waals surface area contributed by atoms with E-state index in [9.17, 15) is 4.79 Å². The molecular formula is C19H24Cl2N2O2. The van der Waals surface area contributed by atoms with Gasteiger partial charge in [-0.15, -0.1) is 11.6 Å². The number of amides is 1. The molecule has 1 amide bonds. The molecule has 1 atom stereocenters. The number of halogens is 2. The second kappa shape index (κ2) is 9.85. The summed E-state index contributed by atoms with van der Waals surface area (Å²) in [6.07, 6.45) is 2.78. The number of ether oxygens (including phenoxy) is 1. The van der Waals surface area contributed by atoms with E-state index in [0.29, 0.717) is 26.2 Å². The molecule has 1 aromatic carbocycles. The largest absolute Gasteiger partial charge is 0.385 e. The van der Waals surface area contributed by atoms with Gasteiger partial charge in [-0.1, -0.05) is 29.8 Å². The second-order valence-electron chi connectivity index (χ2n) is 5.94. The molecule has 1 aromatic heterocycles. The minimum Gasteiger partial charge on any atom is -0.385 e. The van der Waals surface area contributed by atoms with Crippen molar-refractivity contribution in [3.05, 3.63) is 58.9 Å². The van der Waals surface area contributed by atoms with Gasteiger partial charge in [-0.2, -0.15) is 0 Å². The Morgan fingerprint density at radius 3 is 2.72 bits per heavy atom. The van der Waals surface area contributed by atoms with Gasteiger partial charge in [0.2, 0.25) is 5.91 Å². The third-order valence-corrected chi connectivity index (χ3v) is 4.56. The zero-order valence-electron chi connectivity index (χ0n) is 14.6. The van der Waals surface area contributed by atoms with Crippen LogP contribution in [0.25, 0.3) is 0 Å². The minimum atomic E-state index is -0.547. The smallest absolute Gasteiger partial charge is 0.240 e. The molecule has 6 heteroatoms. The molecule has 0 spiro atoms. The van der Waals surface area contributed by atoms with Crippen molar-refractivity contribution in [2.75, 3.05) is 20.3 Å². The average molecular weight is 383 g/mol. The highest BCUT2D eigenvalue weighted by molar-refractivity contribution is 6.31. The Labute approximate surface area is 159 Å². The third-order valence-electron chi connectivity index (χ3n) is 4.00. The van der Waals surface area contributed by atoms with Crippen LogP contribution in [-0.2, 0) is 22.6 Å². The van der Waals surface area contributed by atoms with Crippen molar-refractivity contribution in [2.45, 2.75) is 31.8 Å². The summed E-state index contributed by atoms with van der Waals surface area (Å²) in [6, 6.07) is 11.8. The van der Waals surface area contributed by atoms with Crippen LogP contribution in [0.3, 0.4) is 0 Å². The van der Waals surface area contributed by atoms with E-state index in [1.165, 1.54) is 0 Å². The monoisotopic (exact) mass is 382 g/mol. The highest BCUT2D eigenvalue weighted by atomic mass is 35.5. The van der Waals surface area contributed by atoms with E-state index in [0.717, 1.165) is 22.7 Å². The number of methoxy groups -OCH3 is 1. The van der Waals surface area contributed by atoms with Gasteiger partial charge in [0.1, 0.15) is 5.38 Å². The number of hydrogen-bond acceptors (Lipinski definition) is 2. The number of nitrogens with zero attached hydrogens (tertiary/aromatic N) is 2. The molecule has 4 nitrogen and oxygen atoms in total. The standard InChI is InChI=1S/C19H24Cl2N2O2/c1-15(20)19(24)23(11-6-12-25-2)14-17-8-5-10-22(17)13-16-7-3-4-9-18(16)21/h3-5,7-10,15H,6,11-14H2,1-2H3/t15-/m0/s1. The first-order valence-electron chi connectivity index (χ1n) is 8.32. The van der Waals surface area contributed by atoms with E-state index in [1.807, 2.05) is 42.6 Å². The quantitative estimate of drug-likeness (QED) is 0.481. The highest BCUT2D eigenvalue weighted by Crippen LogP contribution is 2.18. The van der Waals surface area contributed by atoms with Gasteiger partial charge in [-0.3, -0.25) is 4.79 Å². The Hall–Kier alpha value is -1.49. The van der Waals surface area contributed by atoms with E-state index in [-0.39, 0.29) is 5.91 Å². The molecule has 0 bridgehead atoms. The number of aromatic nitrogens is 1. The number of benzene rings is 1. The molecule has 1 heterocycles. The van der Waals surface area contributed by atoms with E-state index in [2.05, 4.69) is 4.57 Å². The van der Waals surface area contributed by atoms with Crippen LogP contribution in [-0.4, -0.2) is 41.0 Å². The van der Waals surface area contributed by atoms with Gasteiger partial charge in [0, 0.05) is 43.7 Å². The maximum atomic E-state index is 12.4. The molecule has 0 unspecified atom stereocenters. The summed E-state index contributed by atoms with van der Waals surface area (Å²) in [5, 5.41) is 0.194. The van der Waals surface area contributed by atoms with Crippen molar-refractivity contribution in [2.24, 2.45) is 0 Å². The van der Waals surface area contributed by atoms with E-state index in [1.54, 1.807) is 18.9 Å². The fourth-order valence-corrected chi connectivity index (χ4v) is 3.00. The maximum absolute atomic E-state index is 12.4. The van der Waals surface area contributed by atoms with Gasteiger partial charge < -0.3 is 14.2 Å². The van der Waals surface area contributed by atoms with E-state index >= 15 is 0 Å². The van der Waals surface area contributed by atoms with Crippen LogP contribution in [0.1, 0.15) is 24.6 Å². The molecule has 0 N–H and O–H groups in total. The zero-order valence-corrected chi connectivity index (χ0v) is 16.1. The lowest BCUT2D eigenvalue weighted by Crippen LogP contribution is -2.37. The summed E-state index contributed by atoms with van der Waals surface area (Å²) in [5.41, 5.74) is 2.09. The number of hydrogen-bond donors (Lipinski definition) is 0. The van der Waals surface area contributed by atoms with Crippen molar-refractivity contribution in [1.29, 1.82) is 0 Å². The van der Waals surface area contributed by atoms with Gasteiger partial charge >= 0.3 is 0 Å². The van der Waals surface area contributed by atoms with Crippen LogP contribution in [0.5, 0.6) is 0 Å². The van der Waals surface area contributed by atoms with Crippen LogP contribution < -0.4 is 0 Å². The van der Waals surface area contributed by atoms with E-state index in [4.69, 9.17) is 27.9 Å². The molecule has 0 saturated heterocycles. The molecule has 2 aromatic rings. The number of carbonyl (C=O) groups excluding carboxylic acids is 1. The van der Waals surface area contributed by atoms with Gasteiger partial charge in [0.25, 0.3) is 0 Å². The average Bonchev–Trinajstić information content (AvgIpc) is 3.02. The summed E-state index contributed by atoms with van der Waals surface area (Å²) in [6.45, 7) is 4.10. The second-order valence-corrected chi connectivity index (χ2v) is 7.00. The third kappa shape index (κ3) is 5.77. The van der Waals surface area contributed by atoms with Gasteiger partial charge in [-0.25, -0.2) is 0 Å². The normalized spacial score (nSPS) is 12.2. The number of rotatable bonds is 9. The first kappa shape index (κ1) is 19.8. The van der Waals surface area contributed by atoms with Crippen molar-refractivity contribution in [3.8, 4) is 0 Å². The molecular weight excluding hydrogens is 359 g/mol. The summed E-state index contributed by atoms with van der Waals surface area (Å²) < 4.78 is 7.20. The SMILES string of the molecule is COCCCN(Cc1cccn1Cc1ccccc1Cl)C(=O)[C@H](C)Cl. The summed E-state index contributed by atoms with van der Waals surface area (Å²) >= 11 is 12.3. The fourth-order valence-electron chi connectivity index (χ4n) is 2.67. The first-order chi connectivity index (χ1) is 12.0. The fraction of sp³-hybridized carbons (Fsp3) is 0.421. The Balaban J connectivity index is 2.12. The molecule has 0 saturated carbocycles. The van der Waals surface area contributed by atoms with Crippen molar-refractivity contribution in [3.63, 3.8) is 0 Å². The summed E-state index contributed by atoms with van der Waals surface area (Å²) in [5.74, 6) is -0.0664. The molecule has 2 rings (SSSR count). The lowest BCUT2D eigenvalue weighted by atomic mass is 10.2. The predicted molar refractivity (Wildman–Crippen MR) is 102 cm³/mol. The van der Waals surface area contributed by atoms with Gasteiger partial charge in [-0.05, 0) is 37.1 Å². The molecule has 0 radical (unpaired) electrons. The topological polar surface area (TPSA) is 34.5 Å². The first-order valence-corrected chi connectivity index (χ1v) is 9.13. The summed E-state index contributed by atoms with van der Waals surface area (Å²) in [4.78, 5) is 14.2. The molecule has 25 heavy (non-hydrogen) atoms. The minimum absolute atomic E-state index is 0.0664. The lowest BCUT2D eigenvalue weighted by Gasteiger charge is -2.24. The predicted octanol–water partition coefficient (Wildman–Crippen LogP) is 4.18. The summed E-state index contributed by atoms with van der Waals surface area (Å²) in [7, 11) is 1.66. The molecule has 136 valence electrons. The van der Waals surface area contributed by atoms with Gasteiger partial charge in [0.15, 0.2) is 0 Å². The highest BCUT2D eigenvalue weighted by Gasteiger charge is 2.19. The van der Waals surface area contributed by atoms with Crippen molar-refractivity contribution in [1.82, 2.24) is 9.47 Å². The van der Waals surface area contributed by atoms with Crippen molar-refractivity contribution < 1.29 is 9.53 Å². The molecule has 0 aliphatic rings. The van der Waals surface area contributed by atoms with Crippen LogP contribution in [0.4, 0.5) is 0 Å².